The van der Waals surface area contributed by atoms with Gasteiger partial charge in [0, 0.05) is 13.0 Å². The Morgan fingerprint density at radius 2 is 2.17 bits per heavy atom. The van der Waals surface area contributed by atoms with Gasteiger partial charge in [-0.05, 0) is 42.2 Å². The molecule has 3 aliphatic rings. The Bertz CT molecular complexity index is 1190. The fraction of sp³-hybridized carbons (Fsp3) is 0.591. The topological polar surface area (TPSA) is 67.8 Å². The maximum Gasteiger partial charge on any atom is 0.319 e. The van der Waals surface area contributed by atoms with Crippen LogP contribution in [0.5, 0.6) is 11.8 Å². The van der Waals surface area contributed by atoms with Crippen molar-refractivity contribution in [1.29, 1.82) is 0 Å². The van der Waals surface area contributed by atoms with E-state index in [1.54, 1.807) is 0 Å². The second-order valence-corrected chi connectivity index (χ2v) is 10.3. The number of aromatic nitrogens is 2. The Morgan fingerprint density at radius 3 is 2.89 bits per heavy atom. The zero-order valence-electron chi connectivity index (χ0n) is 18.7. The highest BCUT2D eigenvalue weighted by molar-refractivity contribution is 9.10. The molecular formula is C22H22BrClF4N4O3. The number of ketones is 1. The number of hydrogen-bond donors (Lipinski definition) is 0. The van der Waals surface area contributed by atoms with Crippen molar-refractivity contribution in [3.05, 3.63) is 15.3 Å². The molecule has 3 atom stereocenters. The van der Waals surface area contributed by atoms with E-state index in [4.69, 9.17) is 21.1 Å². The van der Waals surface area contributed by atoms with Crippen molar-refractivity contribution in [3.8, 4) is 11.8 Å². The lowest BCUT2D eigenvalue weighted by Gasteiger charge is -2.31. The number of alkyl halides is 3. The fourth-order valence-corrected chi connectivity index (χ4v) is 5.96. The minimum absolute atomic E-state index is 0.0175. The van der Waals surface area contributed by atoms with E-state index in [1.807, 2.05) is 4.90 Å². The number of halogens is 6. The summed E-state index contributed by atoms with van der Waals surface area (Å²) in [5.74, 6) is -1.45. The van der Waals surface area contributed by atoms with Crippen molar-refractivity contribution in [3.63, 3.8) is 0 Å². The van der Waals surface area contributed by atoms with Gasteiger partial charge in [0.1, 0.15) is 41.8 Å². The molecular weight excluding hydrogens is 560 g/mol. The summed E-state index contributed by atoms with van der Waals surface area (Å²) in [6.07, 6.45) is -1.89. The van der Waals surface area contributed by atoms with E-state index in [0.29, 0.717) is 13.0 Å². The van der Waals surface area contributed by atoms with Crippen LogP contribution in [0.2, 0.25) is 5.02 Å². The summed E-state index contributed by atoms with van der Waals surface area (Å²) in [4.78, 5) is 24.0. The molecule has 2 fully saturated rings. The molecule has 0 bridgehead atoms. The van der Waals surface area contributed by atoms with E-state index in [1.165, 1.54) is 6.92 Å². The predicted molar refractivity (Wildman–Crippen MR) is 124 cm³/mol. The number of fused-ring (bicyclic) bond motifs is 1. The number of nitrogens with zero attached hydrogens (tertiary/aromatic N) is 4. The average Bonchev–Trinajstić information content (AvgIpc) is 3.26. The van der Waals surface area contributed by atoms with Crippen LogP contribution in [0.25, 0.3) is 10.9 Å². The van der Waals surface area contributed by atoms with Crippen LogP contribution < -0.4 is 14.4 Å². The first-order valence-corrected chi connectivity index (χ1v) is 12.4. The highest BCUT2D eigenvalue weighted by atomic mass is 79.9. The molecule has 35 heavy (non-hydrogen) atoms. The summed E-state index contributed by atoms with van der Waals surface area (Å²) >= 11 is 9.39. The highest BCUT2D eigenvalue weighted by Crippen LogP contribution is 2.47. The van der Waals surface area contributed by atoms with Crippen LogP contribution in [0.3, 0.4) is 0 Å². The number of hydrogen-bond acceptors (Lipinski definition) is 7. The number of benzene rings is 1. The summed E-state index contributed by atoms with van der Waals surface area (Å²) in [6, 6.07) is -1.38. The Morgan fingerprint density at radius 1 is 1.40 bits per heavy atom. The van der Waals surface area contributed by atoms with Gasteiger partial charge in [-0.15, -0.1) is 0 Å². The fourth-order valence-electron chi connectivity index (χ4n) is 5.36. The molecule has 7 nitrogen and oxygen atoms in total. The lowest BCUT2D eigenvalue weighted by molar-refractivity contribution is -0.119. The number of carbonyl (C=O) groups is 1. The number of anilines is 1. The van der Waals surface area contributed by atoms with Crippen LogP contribution in [-0.2, 0) is 4.79 Å². The van der Waals surface area contributed by atoms with Gasteiger partial charge in [-0.3, -0.25) is 9.69 Å². The number of ether oxygens (including phenoxy) is 2. The van der Waals surface area contributed by atoms with Gasteiger partial charge in [-0.1, -0.05) is 11.6 Å². The Balaban J connectivity index is 1.63. The van der Waals surface area contributed by atoms with Gasteiger partial charge in [-0.25, -0.2) is 17.6 Å². The molecule has 0 aliphatic carbocycles. The Labute approximate surface area is 211 Å². The molecule has 0 spiro atoms. The van der Waals surface area contributed by atoms with Crippen molar-refractivity contribution in [2.75, 3.05) is 37.7 Å². The van der Waals surface area contributed by atoms with E-state index in [2.05, 4.69) is 25.9 Å². The maximum atomic E-state index is 15.3. The van der Waals surface area contributed by atoms with Gasteiger partial charge in [0.25, 0.3) is 6.43 Å². The van der Waals surface area contributed by atoms with Crippen molar-refractivity contribution in [1.82, 2.24) is 14.9 Å². The average molecular weight is 582 g/mol. The maximum absolute atomic E-state index is 15.3. The summed E-state index contributed by atoms with van der Waals surface area (Å²) in [6.45, 7) is 1.22. The number of Topliss-reactive ketones (excluding diaryl/α,β-unsaturated/α-hetero) is 1. The van der Waals surface area contributed by atoms with Gasteiger partial charge >= 0.3 is 6.01 Å². The minimum Gasteiger partial charge on any atom is -0.488 e. The van der Waals surface area contributed by atoms with Crippen molar-refractivity contribution < 1.29 is 31.8 Å². The van der Waals surface area contributed by atoms with Crippen LogP contribution in [0, 0.1) is 5.82 Å². The largest absolute Gasteiger partial charge is 0.488 e. The number of carbonyl (C=O) groups excluding carboxylic acids is 1. The third kappa shape index (κ3) is 4.21. The van der Waals surface area contributed by atoms with Gasteiger partial charge < -0.3 is 14.4 Å². The van der Waals surface area contributed by atoms with Crippen LogP contribution in [-0.4, -0.2) is 77.7 Å². The normalized spacial score (nSPS) is 26.2. The van der Waals surface area contributed by atoms with E-state index in [0.717, 1.165) is 24.3 Å². The molecule has 2 saturated heterocycles. The zero-order chi connectivity index (χ0) is 25.1. The van der Waals surface area contributed by atoms with Crippen LogP contribution in [0.4, 0.5) is 23.4 Å². The van der Waals surface area contributed by atoms with E-state index in [9.17, 15) is 18.0 Å². The summed E-state index contributed by atoms with van der Waals surface area (Å²) in [7, 11) is 0. The molecule has 1 aromatic carbocycles. The third-order valence-corrected chi connectivity index (χ3v) is 8.29. The van der Waals surface area contributed by atoms with Crippen LogP contribution in [0.1, 0.15) is 26.2 Å². The molecule has 0 saturated carbocycles. The van der Waals surface area contributed by atoms with Crippen molar-refractivity contribution in [2.45, 2.75) is 50.4 Å². The summed E-state index contributed by atoms with van der Waals surface area (Å²) < 4.78 is 68.1. The molecule has 0 amide bonds. The first-order valence-electron chi connectivity index (χ1n) is 11.2. The number of rotatable bonds is 6. The molecule has 1 aromatic heterocycles. The molecule has 0 radical (unpaired) electrons. The summed E-state index contributed by atoms with van der Waals surface area (Å²) in [5, 5.41) is -0.159. The SMILES string of the molecule is CC(=O)C1COc2c(Cl)c(Br)c(F)c3nc(OC[C@@]45CCCN4C[C@H](F)C5)nc(c23)N1CC(F)F. The lowest BCUT2D eigenvalue weighted by Crippen LogP contribution is -2.46. The summed E-state index contributed by atoms with van der Waals surface area (Å²) in [5.41, 5.74) is -0.778. The zero-order valence-corrected chi connectivity index (χ0v) is 21.0. The standard InChI is InChI=1S/C22H22BrClF4N4O3/c1-10(33)12-8-34-19-14-18(17(28)15(23)16(19)24)29-21(30-20(14)32(12)7-13(26)27)35-9-22-3-2-4-31(22)6-11(25)5-22/h11-13H,2-9H2,1H3/t11-,12?,22+/m1/s1. The van der Waals surface area contributed by atoms with E-state index >= 15 is 4.39 Å². The molecule has 190 valence electrons. The van der Waals surface area contributed by atoms with E-state index in [-0.39, 0.29) is 51.2 Å². The second kappa shape index (κ2) is 9.19. The van der Waals surface area contributed by atoms with Crippen molar-refractivity contribution in [2.24, 2.45) is 0 Å². The van der Waals surface area contributed by atoms with Crippen LogP contribution >= 0.6 is 27.5 Å². The quantitative estimate of drug-likeness (QED) is 0.366. The predicted octanol–water partition coefficient (Wildman–Crippen LogP) is 4.56. The van der Waals surface area contributed by atoms with Gasteiger partial charge in [0.05, 0.1) is 21.9 Å². The lowest BCUT2D eigenvalue weighted by atomic mass is 9.95. The first kappa shape index (κ1) is 24.8. The van der Waals surface area contributed by atoms with Gasteiger partial charge in [-0.2, -0.15) is 9.97 Å². The van der Waals surface area contributed by atoms with Crippen molar-refractivity contribution >= 4 is 50.0 Å². The molecule has 0 N–H and O–H groups in total. The molecule has 4 heterocycles. The molecule has 5 rings (SSSR count). The molecule has 1 unspecified atom stereocenters. The smallest absolute Gasteiger partial charge is 0.319 e. The van der Waals surface area contributed by atoms with Crippen LogP contribution in [0.15, 0.2) is 4.47 Å². The Kier molecular flexibility index (Phi) is 6.50. The Hall–Kier alpha value is -1.92. The molecule has 13 heteroatoms. The van der Waals surface area contributed by atoms with Gasteiger partial charge in [0.15, 0.2) is 17.3 Å². The highest BCUT2D eigenvalue weighted by Gasteiger charge is 2.49. The third-order valence-electron chi connectivity index (χ3n) is 6.96. The molecule has 2 aromatic rings. The van der Waals surface area contributed by atoms with E-state index < -0.39 is 42.3 Å². The molecule has 3 aliphatic heterocycles. The minimum atomic E-state index is -2.82. The monoisotopic (exact) mass is 580 g/mol. The second-order valence-electron chi connectivity index (χ2n) is 9.17. The van der Waals surface area contributed by atoms with Gasteiger partial charge in [0.2, 0.25) is 0 Å². The first-order chi connectivity index (χ1) is 16.6.